The van der Waals surface area contributed by atoms with Crippen LogP contribution in [0, 0.1) is 0 Å². The van der Waals surface area contributed by atoms with Crippen molar-refractivity contribution in [1.29, 1.82) is 0 Å². The summed E-state index contributed by atoms with van der Waals surface area (Å²) >= 11 is 0. The van der Waals surface area contributed by atoms with Crippen molar-refractivity contribution >= 4 is 55.2 Å². The summed E-state index contributed by atoms with van der Waals surface area (Å²) in [6.45, 7) is 2.15. The molecule has 17 N–H and O–H groups in total. The molecule has 0 unspecified atom stereocenters. The van der Waals surface area contributed by atoms with Gasteiger partial charge in [-0.1, -0.05) is 32.6 Å². The minimum absolute atomic E-state index is 0.337. The Morgan fingerprint density at radius 2 is 0.452 bits per heavy atom. The van der Waals surface area contributed by atoms with Gasteiger partial charge in [-0.05, 0) is 6.42 Å². The molecule has 0 atom stereocenters. The number of aliphatic carboxylic acids is 1. The van der Waals surface area contributed by atoms with E-state index >= 15 is 0 Å². The fourth-order valence-corrected chi connectivity index (χ4v) is 0.880. The van der Waals surface area contributed by atoms with E-state index in [1.54, 1.807) is 0 Å². The molecule has 0 heterocycles. The molecule has 26 heteroatoms. The smallest absolute Gasteiger partial charge is 0.481 e. The second-order valence-electron chi connectivity index (χ2n) is 4.82. The maximum absolute atomic E-state index is 10.0. The Hall–Kier alpha value is -6.37. The summed E-state index contributed by atoms with van der Waals surface area (Å²) in [5.74, 6) is -0.670. The summed E-state index contributed by atoms with van der Waals surface area (Å²) in [5, 5.41) is 120. The van der Waals surface area contributed by atoms with E-state index in [4.69, 9.17) is 125 Å². The van der Waals surface area contributed by atoms with E-state index in [0.29, 0.717) is 6.42 Å². The maximum Gasteiger partial charge on any atom is 0.503 e. The predicted octanol–water partition coefficient (Wildman–Crippen LogP) is 4.21. The van der Waals surface area contributed by atoms with Crippen LogP contribution in [0.1, 0.15) is 45.4 Å². The standard InChI is InChI=1S/C8H16O2.8CH2O3/c1-2-3-4-5-6-7-8(9)10;8*2-1(3)4/h2-7H2,1H3,(H,9,10);8*(H2,2,3,4). The van der Waals surface area contributed by atoms with Gasteiger partial charge in [0, 0.05) is 6.42 Å². The highest BCUT2D eigenvalue weighted by atomic mass is 16.6. The van der Waals surface area contributed by atoms with Gasteiger partial charge >= 0.3 is 55.2 Å². The topological polar surface area (TPSA) is 498 Å². The van der Waals surface area contributed by atoms with Crippen molar-refractivity contribution in [2.24, 2.45) is 0 Å². The number of hydrogen-bond acceptors (Lipinski definition) is 9. The first-order valence-corrected chi connectivity index (χ1v) is 9.20. The summed E-state index contributed by atoms with van der Waals surface area (Å²) in [6.07, 6.45) is -8.78. The van der Waals surface area contributed by atoms with Gasteiger partial charge in [0.1, 0.15) is 0 Å². The second kappa shape index (κ2) is 55.2. The first-order valence-electron chi connectivity index (χ1n) is 9.20. The van der Waals surface area contributed by atoms with Crippen molar-refractivity contribution in [2.45, 2.75) is 45.4 Å². The zero-order chi connectivity index (χ0) is 36.4. The lowest BCUT2D eigenvalue weighted by Crippen LogP contribution is -1.93. The van der Waals surface area contributed by atoms with E-state index in [0.717, 1.165) is 12.8 Å². The number of carbonyl (C=O) groups is 9. The minimum atomic E-state index is -1.83. The molecule has 0 spiro atoms. The highest BCUT2D eigenvalue weighted by molar-refractivity contribution is 5.66. The molecule has 0 aromatic carbocycles. The minimum Gasteiger partial charge on any atom is -0.481 e. The van der Waals surface area contributed by atoms with Crippen molar-refractivity contribution in [3.8, 4) is 0 Å². The Labute approximate surface area is 231 Å². The van der Waals surface area contributed by atoms with Gasteiger partial charge in [0.2, 0.25) is 0 Å². The molecule has 0 aromatic heterocycles. The summed E-state index contributed by atoms with van der Waals surface area (Å²) in [4.78, 5) is 78.5. The maximum atomic E-state index is 10.0. The fraction of sp³-hybridized carbons (Fsp3) is 0.438. The van der Waals surface area contributed by atoms with E-state index in [9.17, 15) is 4.79 Å². The summed E-state index contributed by atoms with van der Waals surface area (Å²) < 4.78 is 0. The van der Waals surface area contributed by atoms with Crippen LogP contribution in [-0.2, 0) is 4.79 Å². The monoisotopic (exact) mass is 640 g/mol. The SMILES string of the molecule is CCCCCCCC(=O)O.O=C(O)O.O=C(O)O.O=C(O)O.O=C(O)O.O=C(O)O.O=C(O)O.O=C(O)O.O=C(O)O. The van der Waals surface area contributed by atoms with Gasteiger partial charge in [-0.15, -0.1) is 0 Å². The molecule has 0 aliphatic carbocycles. The third-order valence-electron chi connectivity index (χ3n) is 1.49. The van der Waals surface area contributed by atoms with Crippen molar-refractivity contribution in [2.75, 3.05) is 0 Å². The first-order chi connectivity index (χ1) is 18.6. The average Bonchev–Trinajstić information content (AvgIpc) is 2.64. The molecule has 0 rings (SSSR count). The van der Waals surface area contributed by atoms with Crippen LogP contribution in [0.15, 0.2) is 0 Å². The zero-order valence-corrected chi connectivity index (χ0v) is 21.0. The molecule has 0 aliphatic heterocycles. The molecule has 0 amide bonds. The number of rotatable bonds is 6. The second-order valence-corrected chi connectivity index (χ2v) is 4.82. The van der Waals surface area contributed by atoms with E-state index in [1.165, 1.54) is 19.3 Å². The van der Waals surface area contributed by atoms with Crippen molar-refractivity contribution in [1.82, 2.24) is 0 Å². The number of carboxylic acids is 1. The number of unbranched alkanes of at least 4 members (excludes halogenated alkanes) is 4. The highest BCUT2D eigenvalue weighted by Gasteiger charge is 1.94. The van der Waals surface area contributed by atoms with Gasteiger partial charge in [-0.3, -0.25) is 4.79 Å². The molecule has 0 saturated heterocycles. The van der Waals surface area contributed by atoms with Crippen LogP contribution in [-0.4, -0.2) is 142 Å². The fourth-order valence-electron chi connectivity index (χ4n) is 0.880. The van der Waals surface area contributed by atoms with Gasteiger partial charge in [0.15, 0.2) is 0 Å². The largest absolute Gasteiger partial charge is 0.503 e. The van der Waals surface area contributed by atoms with Crippen LogP contribution in [0.3, 0.4) is 0 Å². The van der Waals surface area contributed by atoms with Crippen molar-refractivity contribution in [3.63, 3.8) is 0 Å². The van der Waals surface area contributed by atoms with E-state index in [-0.39, 0.29) is 0 Å². The lowest BCUT2D eigenvalue weighted by atomic mass is 10.1. The predicted molar refractivity (Wildman–Crippen MR) is 126 cm³/mol. The molecule has 0 radical (unpaired) electrons. The molecule has 0 bridgehead atoms. The van der Waals surface area contributed by atoms with Gasteiger partial charge in [0.25, 0.3) is 0 Å². The number of carboxylic acid groups (broad SMARTS) is 17. The van der Waals surface area contributed by atoms with Crippen LogP contribution in [0.2, 0.25) is 0 Å². The Kier molecular flexibility index (Phi) is 79.2. The molecular weight excluding hydrogens is 608 g/mol. The lowest BCUT2D eigenvalue weighted by Gasteiger charge is -1.95. The van der Waals surface area contributed by atoms with E-state index in [1.807, 2.05) is 0 Å². The van der Waals surface area contributed by atoms with Gasteiger partial charge in [0.05, 0.1) is 0 Å². The van der Waals surface area contributed by atoms with Gasteiger partial charge < -0.3 is 86.8 Å². The Bertz CT molecular complexity index is 537. The summed E-state index contributed by atoms with van der Waals surface area (Å²) in [7, 11) is 0. The Balaban J connectivity index is -0.0000000430. The van der Waals surface area contributed by atoms with E-state index in [2.05, 4.69) is 6.92 Å². The zero-order valence-electron chi connectivity index (χ0n) is 21.0. The first kappa shape index (κ1) is 60.3. The normalized spacial score (nSPS) is 6.88. The summed E-state index contributed by atoms with van der Waals surface area (Å²) in [6, 6.07) is 0. The van der Waals surface area contributed by atoms with Crippen molar-refractivity contribution < 1.29 is 130 Å². The third kappa shape index (κ3) is 90200. The van der Waals surface area contributed by atoms with Crippen molar-refractivity contribution in [3.05, 3.63) is 0 Å². The molecule has 0 saturated carbocycles. The van der Waals surface area contributed by atoms with Gasteiger partial charge in [-0.2, -0.15) is 0 Å². The molecule has 0 fully saturated rings. The summed E-state index contributed by atoms with van der Waals surface area (Å²) in [5.41, 5.74) is 0. The van der Waals surface area contributed by atoms with Crippen LogP contribution in [0.4, 0.5) is 38.4 Å². The van der Waals surface area contributed by atoms with E-state index < -0.39 is 55.2 Å². The molecule has 0 aliphatic rings. The lowest BCUT2D eigenvalue weighted by molar-refractivity contribution is -0.137. The molecule has 42 heavy (non-hydrogen) atoms. The third-order valence-corrected chi connectivity index (χ3v) is 1.49. The van der Waals surface area contributed by atoms with Gasteiger partial charge in [-0.25, -0.2) is 38.4 Å². The molecule has 252 valence electrons. The van der Waals surface area contributed by atoms with Crippen LogP contribution in [0.5, 0.6) is 0 Å². The Morgan fingerprint density at radius 1 is 0.310 bits per heavy atom. The Morgan fingerprint density at radius 3 is 0.571 bits per heavy atom. The van der Waals surface area contributed by atoms with Crippen LogP contribution in [0.25, 0.3) is 0 Å². The average molecular weight is 640 g/mol. The number of hydrogen-bond donors (Lipinski definition) is 17. The van der Waals surface area contributed by atoms with Crippen LogP contribution >= 0.6 is 0 Å². The molecule has 0 aromatic rings. The quantitative estimate of drug-likeness (QED) is 0.181. The highest BCUT2D eigenvalue weighted by Crippen LogP contribution is 2.04. The molecule has 26 nitrogen and oxygen atoms in total. The van der Waals surface area contributed by atoms with Crippen LogP contribution < -0.4 is 0 Å². The molecular formula is C16H32O26.